The minimum absolute atomic E-state index is 0.0162. The molecule has 1 aromatic carbocycles. The third kappa shape index (κ3) is 5.57. The van der Waals surface area contributed by atoms with Crippen LogP contribution in [0.2, 0.25) is 5.02 Å². The van der Waals surface area contributed by atoms with Crippen LogP contribution in [-0.2, 0) is 11.8 Å². The van der Waals surface area contributed by atoms with E-state index in [4.69, 9.17) is 16.3 Å². The number of carbonyl (C=O) groups is 1. The lowest BCUT2D eigenvalue weighted by atomic mass is 10.0. The molecule has 0 atom stereocenters. The van der Waals surface area contributed by atoms with Gasteiger partial charge >= 0.3 is 18.3 Å². The highest BCUT2D eigenvalue weighted by atomic mass is 35.5. The molecule has 3 aromatic heterocycles. The molecule has 3 heterocycles. The Morgan fingerprint density at radius 2 is 1.68 bits per heavy atom. The van der Waals surface area contributed by atoms with E-state index in [1.165, 1.54) is 21.5 Å². The Bertz CT molecular complexity index is 1470. The molecule has 0 aliphatic rings. The first-order valence-electron chi connectivity index (χ1n) is 11.4. The normalized spacial score (nSPS) is 12.7. The summed E-state index contributed by atoms with van der Waals surface area (Å²) in [4.78, 5) is 16.5. The Morgan fingerprint density at radius 1 is 1.05 bits per heavy atom. The van der Waals surface area contributed by atoms with E-state index in [0.29, 0.717) is 22.3 Å². The Kier molecular flexibility index (Phi) is 7.34. The molecule has 0 aliphatic heterocycles. The third-order valence-corrected chi connectivity index (χ3v) is 6.57. The molecule has 0 aliphatic carbocycles. The van der Waals surface area contributed by atoms with Crippen molar-refractivity contribution in [1.29, 1.82) is 0 Å². The van der Waals surface area contributed by atoms with Crippen LogP contribution < -0.4 is 0 Å². The van der Waals surface area contributed by atoms with Crippen LogP contribution in [0.3, 0.4) is 0 Å². The van der Waals surface area contributed by atoms with Crippen molar-refractivity contribution in [2.24, 2.45) is 7.05 Å². The number of hydrogen-bond acceptors (Lipinski definition) is 5. The highest BCUT2D eigenvalue weighted by molar-refractivity contribution is 6.38. The molecule has 4 rings (SSSR count). The molecule has 0 spiro atoms. The number of hydrogen-bond donors (Lipinski definition) is 0. The highest BCUT2D eigenvalue weighted by Gasteiger charge is 2.34. The first-order chi connectivity index (χ1) is 17.7. The third-order valence-electron chi connectivity index (χ3n) is 6.27. The van der Waals surface area contributed by atoms with Crippen molar-refractivity contribution in [3.05, 3.63) is 40.7 Å². The summed E-state index contributed by atoms with van der Waals surface area (Å²) in [5.74, 6) is -0.762. The van der Waals surface area contributed by atoms with Gasteiger partial charge in [0.15, 0.2) is 0 Å². The van der Waals surface area contributed by atoms with E-state index in [0.717, 1.165) is 7.11 Å². The summed E-state index contributed by atoms with van der Waals surface area (Å²) in [5.41, 5.74) is 2.27. The summed E-state index contributed by atoms with van der Waals surface area (Å²) in [5, 5.41) is 8.47. The molecule has 204 valence electrons. The fourth-order valence-electron chi connectivity index (χ4n) is 4.65. The van der Waals surface area contributed by atoms with Gasteiger partial charge in [0.25, 0.3) is 0 Å². The van der Waals surface area contributed by atoms with Gasteiger partial charge in [0.1, 0.15) is 0 Å². The van der Waals surface area contributed by atoms with Crippen molar-refractivity contribution >= 4 is 39.5 Å². The fourth-order valence-corrected chi connectivity index (χ4v) is 4.96. The Balaban J connectivity index is 2.04. The molecule has 0 saturated heterocycles. The summed E-state index contributed by atoms with van der Waals surface area (Å²) in [6.45, 7) is 1.70. The van der Waals surface area contributed by atoms with Crippen molar-refractivity contribution in [2.45, 2.75) is 51.0 Å². The Labute approximate surface area is 217 Å². The highest BCUT2D eigenvalue weighted by Crippen LogP contribution is 2.42. The van der Waals surface area contributed by atoms with E-state index in [9.17, 15) is 31.1 Å². The number of nitrogens with zero attached hydrogens (tertiary/aromatic N) is 5. The minimum Gasteiger partial charge on any atom is -0.465 e. The number of aromatic nitrogens is 5. The molecule has 0 N–H and O–H groups in total. The summed E-state index contributed by atoms with van der Waals surface area (Å²) in [6.07, 6.45) is -11.8. The van der Waals surface area contributed by atoms with Gasteiger partial charge in [-0.25, -0.2) is 9.48 Å². The number of benzene rings is 1. The maximum atomic E-state index is 13.2. The number of ether oxygens (including phenoxy) is 1. The van der Waals surface area contributed by atoms with E-state index in [2.05, 4.69) is 15.3 Å². The van der Waals surface area contributed by atoms with Crippen LogP contribution in [0.5, 0.6) is 0 Å². The summed E-state index contributed by atoms with van der Waals surface area (Å²) >= 11 is 6.65. The first kappa shape index (κ1) is 27.7. The van der Waals surface area contributed by atoms with Crippen LogP contribution in [0.4, 0.5) is 26.3 Å². The van der Waals surface area contributed by atoms with Crippen LogP contribution in [0.15, 0.2) is 24.4 Å². The number of alkyl halides is 6. The maximum Gasteiger partial charge on any atom is 0.389 e. The predicted octanol–water partition coefficient (Wildman–Crippen LogP) is 6.96. The lowest BCUT2D eigenvalue weighted by Gasteiger charge is -2.23. The maximum absolute atomic E-state index is 13.2. The lowest BCUT2D eigenvalue weighted by molar-refractivity contribution is -0.142. The van der Waals surface area contributed by atoms with Crippen molar-refractivity contribution in [3.8, 4) is 11.3 Å². The van der Waals surface area contributed by atoms with E-state index in [1.807, 2.05) is 0 Å². The van der Waals surface area contributed by atoms with E-state index in [-0.39, 0.29) is 27.1 Å². The Morgan fingerprint density at radius 3 is 2.21 bits per heavy atom. The first-order valence-corrected chi connectivity index (χ1v) is 11.8. The molecule has 0 fully saturated rings. The molecule has 0 amide bonds. The smallest absolute Gasteiger partial charge is 0.389 e. The van der Waals surface area contributed by atoms with Gasteiger partial charge in [0.05, 0.1) is 45.6 Å². The summed E-state index contributed by atoms with van der Waals surface area (Å²) < 4.78 is 87.0. The summed E-state index contributed by atoms with van der Waals surface area (Å²) in [7, 11) is 2.79. The van der Waals surface area contributed by atoms with Gasteiger partial charge in [-0.2, -0.15) is 26.3 Å². The number of rotatable bonds is 7. The standard InChI is InChI=1S/C24H22ClF6N5O2/c1-12-21(35(2)34-33-12)13-8-16(25)19-17(9-13)36(18-10-14(22(37)38-3)11-32-20(18)19)15(4-6-23(26,27)28)5-7-24(29,30)31/h8-11,15H,4-7H2,1-3H3. The van der Waals surface area contributed by atoms with Gasteiger partial charge in [-0.15, -0.1) is 5.10 Å². The van der Waals surface area contributed by atoms with Crippen LogP contribution in [0, 0.1) is 6.92 Å². The second-order valence-electron chi connectivity index (χ2n) is 8.91. The van der Waals surface area contributed by atoms with Gasteiger partial charge in [-0.3, -0.25) is 4.98 Å². The van der Waals surface area contributed by atoms with E-state index in [1.54, 1.807) is 26.1 Å². The largest absolute Gasteiger partial charge is 0.465 e. The van der Waals surface area contributed by atoms with Crippen LogP contribution in [-0.4, -0.2) is 50.0 Å². The lowest BCUT2D eigenvalue weighted by Crippen LogP contribution is -2.18. The molecule has 38 heavy (non-hydrogen) atoms. The van der Waals surface area contributed by atoms with Gasteiger partial charge in [0, 0.05) is 43.1 Å². The number of carbonyl (C=O) groups excluding carboxylic acids is 1. The molecule has 0 saturated carbocycles. The van der Waals surface area contributed by atoms with Gasteiger partial charge in [-0.1, -0.05) is 16.8 Å². The fraction of sp³-hybridized carbons (Fsp3) is 0.417. The predicted molar refractivity (Wildman–Crippen MR) is 128 cm³/mol. The van der Waals surface area contributed by atoms with Crippen molar-refractivity contribution in [1.82, 2.24) is 24.5 Å². The number of pyridine rings is 1. The van der Waals surface area contributed by atoms with Crippen LogP contribution in [0.1, 0.15) is 47.8 Å². The van der Waals surface area contributed by atoms with Crippen LogP contribution >= 0.6 is 11.6 Å². The molecular formula is C24H22ClF6N5O2. The van der Waals surface area contributed by atoms with Gasteiger partial charge in [-0.05, 0) is 38.0 Å². The van der Waals surface area contributed by atoms with E-state index < -0.39 is 50.0 Å². The SMILES string of the molecule is COC(=O)c1cnc2c3c(Cl)cc(-c4c(C)nnn4C)cc3n(C(CCC(F)(F)F)CCC(F)(F)F)c2c1. The van der Waals surface area contributed by atoms with Crippen molar-refractivity contribution in [3.63, 3.8) is 0 Å². The minimum atomic E-state index is -4.59. The summed E-state index contributed by atoms with van der Waals surface area (Å²) in [6, 6.07) is 3.32. The quantitative estimate of drug-likeness (QED) is 0.180. The zero-order valence-corrected chi connectivity index (χ0v) is 21.2. The number of fused-ring (bicyclic) bond motifs is 3. The van der Waals surface area contributed by atoms with Crippen LogP contribution in [0.25, 0.3) is 33.2 Å². The molecule has 7 nitrogen and oxygen atoms in total. The second kappa shape index (κ2) is 10.1. The topological polar surface area (TPSA) is 74.8 Å². The number of aryl methyl sites for hydroxylation is 2. The van der Waals surface area contributed by atoms with Gasteiger partial charge in [0.2, 0.25) is 0 Å². The molecule has 0 radical (unpaired) electrons. The number of methoxy groups -OCH3 is 1. The average molecular weight is 562 g/mol. The molecule has 0 unspecified atom stereocenters. The zero-order valence-electron chi connectivity index (χ0n) is 20.4. The number of halogens is 7. The Hall–Kier alpha value is -3.35. The molecule has 4 aromatic rings. The van der Waals surface area contributed by atoms with Crippen molar-refractivity contribution < 1.29 is 35.9 Å². The number of esters is 1. The monoisotopic (exact) mass is 561 g/mol. The van der Waals surface area contributed by atoms with E-state index >= 15 is 0 Å². The molecule has 14 heteroatoms. The van der Waals surface area contributed by atoms with Crippen molar-refractivity contribution in [2.75, 3.05) is 7.11 Å². The second-order valence-corrected chi connectivity index (χ2v) is 9.32. The zero-order chi connectivity index (χ0) is 28.0. The molecule has 0 bridgehead atoms. The molecular weight excluding hydrogens is 540 g/mol. The van der Waals surface area contributed by atoms with Gasteiger partial charge < -0.3 is 9.30 Å². The average Bonchev–Trinajstić information content (AvgIpc) is 3.33.